The molecular weight excluding hydrogens is 223 g/mol. The van der Waals surface area contributed by atoms with Crippen LogP contribution in [0.2, 0.25) is 0 Å². The van der Waals surface area contributed by atoms with Crippen LogP contribution < -0.4 is 10.0 Å². The summed E-state index contributed by atoms with van der Waals surface area (Å²) in [6, 6.07) is 9.83. The van der Waals surface area contributed by atoms with Crippen LogP contribution in [0.25, 0.3) is 0 Å². The van der Waals surface area contributed by atoms with Crippen LogP contribution in [0.5, 0.6) is 0 Å². The largest absolute Gasteiger partial charge is 0.618 e. The zero-order valence-corrected chi connectivity index (χ0v) is 8.76. The van der Waals surface area contributed by atoms with Crippen LogP contribution in [-0.2, 0) is 0 Å². The van der Waals surface area contributed by atoms with Gasteiger partial charge in [-0.2, -0.15) is 4.73 Å². The van der Waals surface area contributed by atoms with Gasteiger partial charge in [-0.3, -0.25) is 4.79 Å². The van der Waals surface area contributed by atoms with Gasteiger partial charge in [0.2, 0.25) is 0 Å². The molecule has 0 atom stereocenters. The summed E-state index contributed by atoms with van der Waals surface area (Å²) in [5.41, 5.74) is 0.414. The van der Waals surface area contributed by atoms with Gasteiger partial charge in [-0.1, -0.05) is 0 Å². The van der Waals surface area contributed by atoms with E-state index >= 15 is 0 Å². The van der Waals surface area contributed by atoms with Crippen LogP contribution in [0.1, 0.15) is 10.5 Å². The highest BCUT2D eigenvalue weighted by Gasteiger charge is 2.14. The van der Waals surface area contributed by atoms with E-state index in [1.165, 1.54) is 42.6 Å². The van der Waals surface area contributed by atoms with E-state index in [4.69, 9.17) is 0 Å². The maximum atomic E-state index is 12.6. The third-order valence-corrected chi connectivity index (χ3v) is 2.16. The summed E-state index contributed by atoms with van der Waals surface area (Å²) in [4.78, 5) is 11.7. The van der Waals surface area contributed by atoms with Crippen LogP contribution in [0, 0.1) is 11.0 Å². The van der Waals surface area contributed by atoms with Crippen LogP contribution in [-0.4, -0.2) is 5.91 Å². The molecule has 86 valence electrons. The first-order valence-corrected chi connectivity index (χ1v) is 4.92. The Balaban J connectivity index is 2.17. The Morgan fingerprint density at radius 1 is 1.18 bits per heavy atom. The van der Waals surface area contributed by atoms with Gasteiger partial charge in [0.05, 0.1) is 0 Å². The number of nitrogens with one attached hydrogen (secondary N) is 1. The van der Waals surface area contributed by atoms with E-state index in [0.717, 1.165) is 0 Å². The van der Waals surface area contributed by atoms with Crippen molar-refractivity contribution < 1.29 is 13.9 Å². The molecule has 5 heteroatoms. The second-order valence-corrected chi connectivity index (χ2v) is 3.37. The fourth-order valence-corrected chi connectivity index (χ4v) is 1.33. The zero-order chi connectivity index (χ0) is 12.3. The fourth-order valence-electron chi connectivity index (χ4n) is 1.33. The monoisotopic (exact) mass is 232 g/mol. The summed E-state index contributed by atoms with van der Waals surface area (Å²) >= 11 is 0. The number of carbonyl (C=O) groups excluding carboxylic acids is 1. The lowest BCUT2D eigenvalue weighted by atomic mass is 10.3. The number of aromatic nitrogens is 1. The normalized spacial score (nSPS) is 9.94. The van der Waals surface area contributed by atoms with E-state index in [-0.39, 0.29) is 11.5 Å². The average Bonchev–Trinajstić information content (AvgIpc) is 2.32. The van der Waals surface area contributed by atoms with Crippen molar-refractivity contribution in [2.75, 3.05) is 5.32 Å². The summed E-state index contributed by atoms with van der Waals surface area (Å²) in [5.74, 6) is -0.922. The lowest BCUT2D eigenvalue weighted by Crippen LogP contribution is -2.36. The van der Waals surface area contributed by atoms with Crippen LogP contribution >= 0.6 is 0 Å². The minimum Gasteiger partial charge on any atom is -0.618 e. The summed E-state index contributed by atoms with van der Waals surface area (Å²) < 4.78 is 13.1. The summed E-state index contributed by atoms with van der Waals surface area (Å²) in [6.45, 7) is 0. The van der Waals surface area contributed by atoms with Crippen molar-refractivity contribution in [2.24, 2.45) is 0 Å². The molecule has 0 saturated carbocycles. The highest BCUT2D eigenvalue weighted by atomic mass is 19.1. The van der Waals surface area contributed by atoms with Gasteiger partial charge in [0, 0.05) is 17.8 Å². The maximum absolute atomic E-state index is 12.6. The van der Waals surface area contributed by atoms with Gasteiger partial charge in [-0.25, -0.2) is 4.39 Å². The molecular formula is C12H9FN2O2. The predicted molar refractivity (Wildman–Crippen MR) is 59.8 cm³/mol. The minimum absolute atomic E-state index is 0.0168. The number of carbonyl (C=O) groups is 1. The van der Waals surface area contributed by atoms with Gasteiger partial charge in [0.1, 0.15) is 5.82 Å². The molecule has 1 amide bonds. The van der Waals surface area contributed by atoms with Crippen molar-refractivity contribution in [1.29, 1.82) is 0 Å². The van der Waals surface area contributed by atoms with E-state index < -0.39 is 5.91 Å². The van der Waals surface area contributed by atoms with Crippen molar-refractivity contribution in [2.45, 2.75) is 0 Å². The van der Waals surface area contributed by atoms with Crippen LogP contribution in [0.3, 0.4) is 0 Å². The zero-order valence-electron chi connectivity index (χ0n) is 8.76. The summed E-state index contributed by atoms with van der Waals surface area (Å²) in [6.07, 6.45) is 1.24. The molecule has 0 spiro atoms. The highest BCUT2D eigenvalue weighted by Crippen LogP contribution is 2.09. The number of rotatable bonds is 2. The minimum atomic E-state index is -0.535. The van der Waals surface area contributed by atoms with Gasteiger partial charge in [0.15, 0.2) is 6.20 Å². The third kappa shape index (κ3) is 2.57. The van der Waals surface area contributed by atoms with Gasteiger partial charge >= 0.3 is 5.91 Å². The Kier molecular flexibility index (Phi) is 3.00. The van der Waals surface area contributed by atoms with Gasteiger partial charge in [-0.15, -0.1) is 0 Å². The molecule has 0 aliphatic rings. The van der Waals surface area contributed by atoms with Crippen molar-refractivity contribution in [3.63, 3.8) is 0 Å². The first-order valence-electron chi connectivity index (χ1n) is 4.92. The Bertz CT molecular complexity index is 540. The summed E-state index contributed by atoms with van der Waals surface area (Å²) in [7, 11) is 0. The number of pyridine rings is 1. The van der Waals surface area contributed by atoms with E-state index in [1.807, 2.05) is 0 Å². The second kappa shape index (κ2) is 4.61. The quantitative estimate of drug-likeness (QED) is 0.633. The topological polar surface area (TPSA) is 56.0 Å². The number of amides is 1. The molecule has 2 aromatic rings. The Labute approximate surface area is 96.9 Å². The van der Waals surface area contributed by atoms with E-state index in [0.29, 0.717) is 10.4 Å². The van der Waals surface area contributed by atoms with Gasteiger partial charge < -0.3 is 10.5 Å². The standard InChI is InChI=1S/C12H9FN2O2/c13-9-4-6-10(7-5-9)14-12(16)11-3-1-2-8-15(11)17/h1-8H,(H,14,16). The van der Waals surface area contributed by atoms with Crippen LogP contribution in [0.15, 0.2) is 48.7 Å². The van der Waals surface area contributed by atoms with E-state index in [1.54, 1.807) is 6.07 Å². The lowest BCUT2D eigenvalue weighted by molar-refractivity contribution is -0.607. The average molecular weight is 232 g/mol. The van der Waals surface area contributed by atoms with Crippen molar-refractivity contribution in [3.8, 4) is 0 Å². The third-order valence-electron chi connectivity index (χ3n) is 2.16. The molecule has 0 radical (unpaired) electrons. The SMILES string of the molecule is O=C(Nc1ccc(F)cc1)c1cccc[n+]1[O-]. The maximum Gasteiger partial charge on any atom is 0.321 e. The Morgan fingerprint density at radius 2 is 1.88 bits per heavy atom. The number of hydrogen-bond donors (Lipinski definition) is 1. The second-order valence-electron chi connectivity index (χ2n) is 3.37. The first kappa shape index (κ1) is 11.1. The fraction of sp³-hybridized carbons (Fsp3) is 0. The number of hydrogen-bond acceptors (Lipinski definition) is 2. The molecule has 0 bridgehead atoms. The molecule has 0 aliphatic heterocycles. The molecule has 17 heavy (non-hydrogen) atoms. The molecule has 1 aromatic heterocycles. The molecule has 2 rings (SSSR count). The molecule has 1 heterocycles. The Hall–Kier alpha value is -2.43. The number of benzene rings is 1. The Morgan fingerprint density at radius 3 is 2.53 bits per heavy atom. The van der Waals surface area contributed by atoms with Crippen LogP contribution in [0.4, 0.5) is 10.1 Å². The predicted octanol–water partition coefficient (Wildman–Crippen LogP) is 1.71. The molecule has 4 nitrogen and oxygen atoms in total. The van der Waals surface area contributed by atoms with Crippen molar-refractivity contribution >= 4 is 11.6 Å². The summed E-state index contributed by atoms with van der Waals surface area (Å²) in [5, 5.41) is 13.8. The molecule has 0 aliphatic carbocycles. The molecule has 0 saturated heterocycles. The molecule has 0 unspecified atom stereocenters. The number of halogens is 1. The number of nitrogens with zero attached hydrogens (tertiary/aromatic N) is 1. The highest BCUT2D eigenvalue weighted by molar-refractivity contribution is 6.01. The first-order chi connectivity index (χ1) is 8.16. The van der Waals surface area contributed by atoms with Gasteiger partial charge in [-0.05, 0) is 30.3 Å². The number of anilines is 1. The van der Waals surface area contributed by atoms with E-state index in [2.05, 4.69) is 5.32 Å². The molecule has 1 N–H and O–H groups in total. The van der Waals surface area contributed by atoms with E-state index in [9.17, 15) is 14.4 Å². The van der Waals surface area contributed by atoms with Crippen molar-refractivity contribution in [3.05, 3.63) is 65.4 Å². The smallest absolute Gasteiger partial charge is 0.321 e. The lowest BCUT2D eigenvalue weighted by Gasteiger charge is -2.05. The van der Waals surface area contributed by atoms with Gasteiger partial charge in [0.25, 0.3) is 5.69 Å². The molecule has 0 fully saturated rings. The molecule has 1 aromatic carbocycles. The van der Waals surface area contributed by atoms with Crippen molar-refractivity contribution in [1.82, 2.24) is 0 Å².